The quantitative estimate of drug-likeness (QED) is 0.834. The van der Waals surface area contributed by atoms with Gasteiger partial charge in [-0.3, -0.25) is 4.79 Å². The summed E-state index contributed by atoms with van der Waals surface area (Å²) in [5, 5.41) is 0.663. The van der Waals surface area contributed by atoms with Gasteiger partial charge in [0.15, 0.2) is 6.10 Å². The van der Waals surface area contributed by atoms with Gasteiger partial charge in [0.25, 0.3) is 5.91 Å². The van der Waals surface area contributed by atoms with Gasteiger partial charge in [-0.1, -0.05) is 11.6 Å². The first-order valence-corrected chi connectivity index (χ1v) is 8.43. The van der Waals surface area contributed by atoms with Crippen molar-refractivity contribution < 1.29 is 19.1 Å². The highest BCUT2D eigenvalue weighted by molar-refractivity contribution is 6.31. The highest BCUT2D eigenvalue weighted by Gasteiger charge is 2.28. The number of aryl methyl sites for hydroxylation is 1. The summed E-state index contributed by atoms with van der Waals surface area (Å²) in [6, 6.07) is 5.31. The predicted octanol–water partition coefficient (Wildman–Crippen LogP) is 2.72. The maximum atomic E-state index is 12.5. The molecule has 0 aromatic heterocycles. The molecule has 0 bridgehead atoms. The molecule has 132 valence electrons. The van der Waals surface area contributed by atoms with Crippen LogP contribution in [-0.2, 0) is 9.53 Å². The number of hydrogen-bond acceptors (Lipinski definition) is 4. The summed E-state index contributed by atoms with van der Waals surface area (Å²) < 4.78 is 10.7. The molecule has 0 radical (unpaired) electrons. The van der Waals surface area contributed by atoms with E-state index in [1.807, 2.05) is 13.0 Å². The highest BCUT2D eigenvalue weighted by Crippen LogP contribution is 2.22. The van der Waals surface area contributed by atoms with Crippen molar-refractivity contribution >= 4 is 23.6 Å². The number of ether oxygens (including phenoxy) is 2. The molecule has 7 heteroatoms. The number of carbonyl (C=O) groups is 2. The Kier molecular flexibility index (Phi) is 6.31. The number of hydrogen-bond donors (Lipinski definition) is 0. The van der Waals surface area contributed by atoms with E-state index in [1.54, 1.807) is 35.8 Å². The number of rotatable bonds is 4. The van der Waals surface area contributed by atoms with E-state index >= 15 is 0 Å². The van der Waals surface area contributed by atoms with Crippen molar-refractivity contribution in [1.29, 1.82) is 0 Å². The molecule has 1 unspecified atom stereocenters. The predicted molar refractivity (Wildman–Crippen MR) is 91.5 cm³/mol. The molecule has 24 heavy (non-hydrogen) atoms. The molecule has 6 nitrogen and oxygen atoms in total. The molecule has 0 N–H and O–H groups in total. The highest BCUT2D eigenvalue weighted by atomic mass is 35.5. The Morgan fingerprint density at radius 1 is 1.21 bits per heavy atom. The topological polar surface area (TPSA) is 59.1 Å². The van der Waals surface area contributed by atoms with Crippen LogP contribution in [0, 0.1) is 6.92 Å². The van der Waals surface area contributed by atoms with Gasteiger partial charge < -0.3 is 19.3 Å². The molecule has 2 amide bonds. The first-order valence-electron chi connectivity index (χ1n) is 8.05. The van der Waals surface area contributed by atoms with Crippen LogP contribution < -0.4 is 4.74 Å². The maximum absolute atomic E-state index is 12.5. The third-order valence-corrected chi connectivity index (χ3v) is 4.33. The Hall–Kier alpha value is -1.95. The lowest BCUT2D eigenvalue weighted by Crippen LogP contribution is -2.53. The zero-order valence-corrected chi connectivity index (χ0v) is 15.0. The molecule has 2 rings (SSSR count). The lowest BCUT2D eigenvalue weighted by Gasteiger charge is -2.35. The number of amides is 2. The van der Waals surface area contributed by atoms with Crippen LogP contribution >= 0.6 is 11.6 Å². The van der Waals surface area contributed by atoms with Crippen LogP contribution in [0.4, 0.5) is 4.79 Å². The summed E-state index contributed by atoms with van der Waals surface area (Å²) in [7, 11) is 0. The first-order chi connectivity index (χ1) is 11.4. The van der Waals surface area contributed by atoms with Crippen LogP contribution in [-0.4, -0.2) is 60.7 Å². The van der Waals surface area contributed by atoms with E-state index in [1.165, 1.54) is 0 Å². The second-order valence-corrected chi connectivity index (χ2v) is 6.09. The zero-order chi connectivity index (χ0) is 17.7. The van der Waals surface area contributed by atoms with E-state index in [2.05, 4.69) is 0 Å². The fourth-order valence-electron chi connectivity index (χ4n) is 2.53. The van der Waals surface area contributed by atoms with Crippen molar-refractivity contribution in [2.45, 2.75) is 26.9 Å². The minimum atomic E-state index is -0.597. The van der Waals surface area contributed by atoms with Crippen LogP contribution in [0.15, 0.2) is 18.2 Å². The minimum absolute atomic E-state index is 0.0916. The normalized spacial score (nSPS) is 15.8. The van der Waals surface area contributed by atoms with Crippen molar-refractivity contribution in [3.63, 3.8) is 0 Å². The molecule has 0 aliphatic carbocycles. The van der Waals surface area contributed by atoms with Crippen LogP contribution in [0.5, 0.6) is 5.75 Å². The van der Waals surface area contributed by atoms with Gasteiger partial charge in [-0.05, 0) is 44.5 Å². The molecule has 0 spiro atoms. The SMILES string of the molecule is CCOC(=O)N1CCN(C(=O)C(C)Oc2ccc(Cl)c(C)c2)CC1. The first kappa shape index (κ1) is 18.4. The zero-order valence-electron chi connectivity index (χ0n) is 14.3. The maximum Gasteiger partial charge on any atom is 0.409 e. The van der Waals surface area contributed by atoms with E-state index in [0.29, 0.717) is 43.6 Å². The summed E-state index contributed by atoms with van der Waals surface area (Å²) in [6.45, 7) is 7.63. The van der Waals surface area contributed by atoms with Crippen molar-refractivity contribution in [2.75, 3.05) is 32.8 Å². The van der Waals surface area contributed by atoms with Gasteiger partial charge in [-0.15, -0.1) is 0 Å². The van der Waals surface area contributed by atoms with Crippen LogP contribution in [0.2, 0.25) is 5.02 Å². The van der Waals surface area contributed by atoms with Crippen molar-refractivity contribution in [2.24, 2.45) is 0 Å². The van der Waals surface area contributed by atoms with E-state index in [0.717, 1.165) is 5.56 Å². The Morgan fingerprint density at radius 2 is 1.83 bits per heavy atom. The van der Waals surface area contributed by atoms with Gasteiger partial charge >= 0.3 is 6.09 Å². The lowest BCUT2D eigenvalue weighted by molar-refractivity contribution is -0.139. The molecule has 1 aliphatic heterocycles. The summed E-state index contributed by atoms with van der Waals surface area (Å²) >= 11 is 5.99. The standard InChI is InChI=1S/C17H23ClN2O4/c1-4-23-17(22)20-9-7-19(8-10-20)16(21)13(3)24-14-5-6-15(18)12(2)11-14/h5-6,11,13H,4,7-10H2,1-3H3. The molecular formula is C17H23ClN2O4. The third-order valence-electron chi connectivity index (χ3n) is 3.91. The molecule has 1 aliphatic rings. The molecule has 0 saturated carbocycles. The molecule has 1 atom stereocenters. The van der Waals surface area contributed by atoms with Crippen molar-refractivity contribution in [3.05, 3.63) is 28.8 Å². The Balaban J connectivity index is 1.87. The molecule has 1 aromatic carbocycles. The van der Waals surface area contributed by atoms with Gasteiger partial charge in [0, 0.05) is 31.2 Å². The Morgan fingerprint density at radius 3 is 2.42 bits per heavy atom. The van der Waals surface area contributed by atoms with E-state index < -0.39 is 6.10 Å². The average molecular weight is 355 g/mol. The summed E-state index contributed by atoms with van der Waals surface area (Å²) in [5.41, 5.74) is 0.900. The number of halogens is 1. The van der Waals surface area contributed by atoms with Crippen molar-refractivity contribution in [1.82, 2.24) is 9.80 Å². The van der Waals surface area contributed by atoms with Gasteiger partial charge in [-0.25, -0.2) is 4.79 Å². The van der Waals surface area contributed by atoms with Gasteiger partial charge in [0.2, 0.25) is 0 Å². The lowest BCUT2D eigenvalue weighted by atomic mass is 10.2. The molecule has 1 fully saturated rings. The van der Waals surface area contributed by atoms with Gasteiger partial charge in [0.1, 0.15) is 5.75 Å². The largest absolute Gasteiger partial charge is 0.481 e. The number of piperazine rings is 1. The van der Waals surface area contributed by atoms with Crippen LogP contribution in [0.3, 0.4) is 0 Å². The summed E-state index contributed by atoms with van der Waals surface area (Å²) in [4.78, 5) is 27.5. The second kappa shape index (κ2) is 8.24. The number of benzene rings is 1. The van der Waals surface area contributed by atoms with E-state index in [4.69, 9.17) is 21.1 Å². The molecule has 1 saturated heterocycles. The number of carbonyl (C=O) groups excluding carboxylic acids is 2. The van der Waals surface area contributed by atoms with Crippen molar-refractivity contribution in [3.8, 4) is 5.75 Å². The Labute approximate surface area is 147 Å². The fraction of sp³-hybridized carbons (Fsp3) is 0.529. The summed E-state index contributed by atoms with van der Waals surface area (Å²) in [5.74, 6) is 0.522. The Bertz CT molecular complexity index is 600. The van der Waals surface area contributed by atoms with Crippen LogP contribution in [0.1, 0.15) is 19.4 Å². The third kappa shape index (κ3) is 4.54. The van der Waals surface area contributed by atoms with Crippen LogP contribution in [0.25, 0.3) is 0 Å². The molecule has 1 aromatic rings. The monoisotopic (exact) mass is 354 g/mol. The van der Waals surface area contributed by atoms with E-state index in [9.17, 15) is 9.59 Å². The second-order valence-electron chi connectivity index (χ2n) is 5.68. The number of nitrogens with zero attached hydrogens (tertiary/aromatic N) is 2. The van der Waals surface area contributed by atoms with Gasteiger partial charge in [0.05, 0.1) is 6.61 Å². The van der Waals surface area contributed by atoms with E-state index in [-0.39, 0.29) is 12.0 Å². The van der Waals surface area contributed by atoms with Gasteiger partial charge in [-0.2, -0.15) is 0 Å². The minimum Gasteiger partial charge on any atom is -0.481 e. The fourth-order valence-corrected chi connectivity index (χ4v) is 2.64. The smallest absolute Gasteiger partial charge is 0.409 e. The molecular weight excluding hydrogens is 332 g/mol. The average Bonchev–Trinajstić information content (AvgIpc) is 2.58. The molecule has 1 heterocycles. The summed E-state index contributed by atoms with van der Waals surface area (Å²) in [6.07, 6.45) is -0.926.